The van der Waals surface area contributed by atoms with Gasteiger partial charge in [-0.25, -0.2) is 0 Å². The summed E-state index contributed by atoms with van der Waals surface area (Å²) in [5.41, 5.74) is 0. The van der Waals surface area contributed by atoms with Crippen LogP contribution in [0.1, 0.15) is 51.9 Å². The fourth-order valence-corrected chi connectivity index (χ4v) is 3.16. The molecule has 1 saturated heterocycles. The summed E-state index contributed by atoms with van der Waals surface area (Å²) < 4.78 is 5.73. The van der Waals surface area contributed by atoms with E-state index in [1.807, 2.05) is 0 Å². The molecule has 2 fully saturated rings. The summed E-state index contributed by atoms with van der Waals surface area (Å²) in [5, 5.41) is 3.62. The van der Waals surface area contributed by atoms with Crippen LogP contribution in [0, 0.1) is 11.8 Å². The number of hydrogen-bond acceptors (Lipinski definition) is 2. The third-order valence-electron chi connectivity index (χ3n) is 4.12. The van der Waals surface area contributed by atoms with Crippen molar-refractivity contribution in [3.05, 3.63) is 0 Å². The van der Waals surface area contributed by atoms with E-state index in [1.165, 1.54) is 51.5 Å². The van der Waals surface area contributed by atoms with E-state index in [0.717, 1.165) is 25.0 Å². The minimum absolute atomic E-state index is 0.495. The van der Waals surface area contributed by atoms with E-state index < -0.39 is 0 Å². The number of rotatable bonds is 4. The Bertz CT molecular complexity index is 189. The van der Waals surface area contributed by atoms with Gasteiger partial charge in [-0.1, -0.05) is 19.8 Å². The van der Waals surface area contributed by atoms with Crippen LogP contribution in [0.4, 0.5) is 0 Å². The molecule has 2 aliphatic rings. The lowest BCUT2D eigenvalue weighted by Crippen LogP contribution is -2.35. The first-order valence-corrected chi connectivity index (χ1v) is 7.17. The summed E-state index contributed by atoms with van der Waals surface area (Å²) >= 11 is 0. The van der Waals surface area contributed by atoms with Gasteiger partial charge in [0.25, 0.3) is 0 Å². The third kappa shape index (κ3) is 4.06. The first-order valence-electron chi connectivity index (χ1n) is 7.17. The minimum Gasteiger partial charge on any atom is -0.377 e. The average Bonchev–Trinajstić information content (AvgIpc) is 2.30. The zero-order valence-corrected chi connectivity index (χ0v) is 10.7. The normalized spacial score (nSPS) is 36.2. The van der Waals surface area contributed by atoms with Gasteiger partial charge in [-0.3, -0.25) is 0 Å². The Labute approximate surface area is 100 Å². The Morgan fingerprint density at radius 1 is 1.06 bits per heavy atom. The Morgan fingerprint density at radius 3 is 2.75 bits per heavy atom. The van der Waals surface area contributed by atoms with Gasteiger partial charge < -0.3 is 10.1 Å². The Kier molecular flexibility index (Phi) is 5.11. The Morgan fingerprint density at radius 2 is 2.00 bits per heavy atom. The maximum absolute atomic E-state index is 5.73. The van der Waals surface area contributed by atoms with Crippen molar-refractivity contribution in [3.8, 4) is 0 Å². The van der Waals surface area contributed by atoms with Crippen LogP contribution in [-0.2, 0) is 4.74 Å². The summed E-state index contributed by atoms with van der Waals surface area (Å²) in [7, 11) is 0. The van der Waals surface area contributed by atoms with E-state index >= 15 is 0 Å². The van der Waals surface area contributed by atoms with Gasteiger partial charge in [0.2, 0.25) is 0 Å². The van der Waals surface area contributed by atoms with Crippen LogP contribution in [0.5, 0.6) is 0 Å². The molecule has 1 saturated carbocycles. The molecule has 2 nitrogen and oxygen atoms in total. The molecule has 1 aliphatic heterocycles. The van der Waals surface area contributed by atoms with Crippen molar-refractivity contribution in [1.82, 2.24) is 5.32 Å². The van der Waals surface area contributed by atoms with Gasteiger partial charge in [0, 0.05) is 13.2 Å². The minimum atomic E-state index is 0.495. The highest BCUT2D eigenvalue weighted by Gasteiger charge is 2.19. The highest BCUT2D eigenvalue weighted by molar-refractivity contribution is 4.74. The van der Waals surface area contributed by atoms with Gasteiger partial charge in [0.05, 0.1) is 6.10 Å². The van der Waals surface area contributed by atoms with Crippen LogP contribution < -0.4 is 5.32 Å². The molecule has 0 aromatic carbocycles. The predicted molar refractivity (Wildman–Crippen MR) is 67.6 cm³/mol. The van der Waals surface area contributed by atoms with Crippen LogP contribution in [0.3, 0.4) is 0 Å². The molecule has 0 aromatic heterocycles. The highest BCUT2D eigenvalue weighted by atomic mass is 16.5. The lowest BCUT2D eigenvalue weighted by molar-refractivity contribution is 0.0162. The fraction of sp³-hybridized carbons (Fsp3) is 1.00. The quantitative estimate of drug-likeness (QED) is 0.794. The molecule has 3 unspecified atom stereocenters. The summed E-state index contributed by atoms with van der Waals surface area (Å²) in [4.78, 5) is 0. The standard InChI is InChI=1S/C14H27NO/c1-12-5-4-6-13(9-12)10-15-11-14-7-2-3-8-16-14/h12-15H,2-11H2,1H3. The van der Waals surface area contributed by atoms with Gasteiger partial charge in [-0.2, -0.15) is 0 Å². The molecular weight excluding hydrogens is 198 g/mol. The highest BCUT2D eigenvalue weighted by Crippen LogP contribution is 2.27. The molecule has 0 bridgehead atoms. The van der Waals surface area contributed by atoms with E-state index in [4.69, 9.17) is 4.74 Å². The van der Waals surface area contributed by atoms with Crippen molar-refractivity contribution < 1.29 is 4.74 Å². The summed E-state index contributed by atoms with van der Waals surface area (Å²) in [6.45, 7) is 5.66. The molecule has 3 atom stereocenters. The molecule has 0 spiro atoms. The predicted octanol–water partition coefficient (Wildman–Crippen LogP) is 2.97. The van der Waals surface area contributed by atoms with Crippen molar-refractivity contribution in [3.63, 3.8) is 0 Å². The molecule has 0 amide bonds. The number of nitrogens with one attached hydrogen (secondary N) is 1. The molecular formula is C14H27NO. The average molecular weight is 225 g/mol. The van der Waals surface area contributed by atoms with Gasteiger partial charge in [-0.15, -0.1) is 0 Å². The molecule has 1 heterocycles. The Balaban J connectivity index is 1.56. The lowest BCUT2D eigenvalue weighted by atomic mass is 9.82. The summed E-state index contributed by atoms with van der Waals surface area (Å²) in [6, 6.07) is 0. The van der Waals surface area contributed by atoms with Crippen molar-refractivity contribution in [1.29, 1.82) is 0 Å². The van der Waals surface area contributed by atoms with E-state index in [9.17, 15) is 0 Å². The summed E-state index contributed by atoms with van der Waals surface area (Å²) in [6.07, 6.45) is 10.1. The molecule has 0 radical (unpaired) electrons. The zero-order valence-electron chi connectivity index (χ0n) is 10.7. The monoisotopic (exact) mass is 225 g/mol. The lowest BCUT2D eigenvalue weighted by Gasteiger charge is -2.28. The second-order valence-electron chi connectivity index (χ2n) is 5.78. The largest absolute Gasteiger partial charge is 0.377 e. The third-order valence-corrected chi connectivity index (χ3v) is 4.12. The molecule has 94 valence electrons. The van der Waals surface area contributed by atoms with Crippen molar-refractivity contribution >= 4 is 0 Å². The molecule has 16 heavy (non-hydrogen) atoms. The van der Waals surface area contributed by atoms with Crippen LogP contribution in [0.15, 0.2) is 0 Å². The molecule has 1 aliphatic carbocycles. The van der Waals surface area contributed by atoms with Gasteiger partial charge in [0.1, 0.15) is 0 Å². The van der Waals surface area contributed by atoms with Gasteiger partial charge in [-0.05, 0) is 50.5 Å². The van der Waals surface area contributed by atoms with Crippen LogP contribution >= 0.6 is 0 Å². The number of ether oxygens (including phenoxy) is 1. The first-order chi connectivity index (χ1) is 7.84. The smallest absolute Gasteiger partial charge is 0.0699 e. The maximum atomic E-state index is 5.73. The zero-order chi connectivity index (χ0) is 11.2. The van der Waals surface area contributed by atoms with E-state index in [2.05, 4.69) is 12.2 Å². The van der Waals surface area contributed by atoms with E-state index in [1.54, 1.807) is 0 Å². The second-order valence-corrected chi connectivity index (χ2v) is 5.78. The van der Waals surface area contributed by atoms with E-state index in [-0.39, 0.29) is 0 Å². The van der Waals surface area contributed by atoms with Crippen LogP contribution in [-0.4, -0.2) is 25.8 Å². The molecule has 0 aromatic rings. The number of hydrogen-bond donors (Lipinski definition) is 1. The van der Waals surface area contributed by atoms with E-state index in [0.29, 0.717) is 6.10 Å². The maximum Gasteiger partial charge on any atom is 0.0699 e. The molecule has 1 N–H and O–H groups in total. The van der Waals surface area contributed by atoms with Gasteiger partial charge >= 0.3 is 0 Å². The second kappa shape index (κ2) is 6.61. The topological polar surface area (TPSA) is 21.3 Å². The van der Waals surface area contributed by atoms with Crippen molar-refractivity contribution in [2.75, 3.05) is 19.7 Å². The van der Waals surface area contributed by atoms with Crippen LogP contribution in [0.2, 0.25) is 0 Å². The Hall–Kier alpha value is -0.0800. The van der Waals surface area contributed by atoms with Gasteiger partial charge in [0.15, 0.2) is 0 Å². The van der Waals surface area contributed by atoms with Crippen molar-refractivity contribution in [2.24, 2.45) is 11.8 Å². The first kappa shape index (κ1) is 12.4. The molecule has 2 rings (SSSR count). The van der Waals surface area contributed by atoms with Crippen molar-refractivity contribution in [2.45, 2.75) is 58.0 Å². The fourth-order valence-electron chi connectivity index (χ4n) is 3.16. The van der Waals surface area contributed by atoms with Crippen LogP contribution in [0.25, 0.3) is 0 Å². The summed E-state index contributed by atoms with van der Waals surface area (Å²) in [5.74, 6) is 1.87. The SMILES string of the molecule is CC1CCCC(CNCC2CCCCO2)C1. The molecule has 2 heteroatoms.